The summed E-state index contributed by atoms with van der Waals surface area (Å²) in [6.07, 6.45) is -0.594. The van der Waals surface area contributed by atoms with Gasteiger partial charge in [0.05, 0.1) is 43.7 Å². The average molecular weight is 518 g/mol. The van der Waals surface area contributed by atoms with E-state index < -0.39 is 29.7 Å². The molecule has 1 aromatic heterocycles. The van der Waals surface area contributed by atoms with Crippen molar-refractivity contribution in [1.29, 1.82) is 0 Å². The van der Waals surface area contributed by atoms with E-state index in [0.29, 0.717) is 17.4 Å². The molecule has 2 aromatic rings. The third-order valence-corrected chi connectivity index (χ3v) is 6.61. The SMILES string of the molecule is CC(C)(C)OC(=O)N(C[C@H]1CN(c2ccc(N3CCN(C4COC4)CC3)c(F)c2)C(=O)O1)c1ccon1. The van der Waals surface area contributed by atoms with Crippen molar-refractivity contribution < 1.29 is 32.7 Å². The molecule has 3 aliphatic rings. The highest BCUT2D eigenvalue weighted by molar-refractivity contribution is 5.91. The van der Waals surface area contributed by atoms with Crippen LogP contribution in [0.25, 0.3) is 0 Å². The Bertz CT molecular complexity index is 1110. The van der Waals surface area contributed by atoms with Crippen molar-refractivity contribution in [3.05, 3.63) is 36.3 Å². The van der Waals surface area contributed by atoms with Crippen LogP contribution in [0.3, 0.4) is 0 Å². The molecule has 0 saturated carbocycles. The van der Waals surface area contributed by atoms with Crippen LogP contribution in [0.2, 0.25) is 0 Å². The van der Waals surface area contributed by atoms with E-state index >= 15 is 4.39 Å². The Labute approximate surface area is 214 Å². The minimum atomic E-state index is -0.727. The summed E-state index contributed by atoms with van der Waals surface area (Å²) in [4.78, 5) is 32.5. The van der Waals surface area contributed by atoms with Crippen molar-refractivity contribution in [1.82, 2.24) is 10.1 Å². The molecule has 1 atom stereocenters. The first-order chi connectivity index (χ1) is 17.7. The molecule has 11 nitrogen and oxygen atoms in total. The van der Waals surface area contributed by atoms with Crippen LogP contribution in [0.4, 0.5) is 31.2 Å². The Balaban J connectivity index is 1.23. The van der Waals surface area contributed by atoms with Gasteiger partial charge in [-0.15, -0.1) is 0 Å². The van der Waals surface area contributed by atoms with Gasteiger partial charge in [-0.25, -0.2) is 14.0 Å². The summed E-state index contributed by atoms with van der Waals surface area (Å²) in [5, 5.41) is 3.83. The molecule has 0 radical (unpaired) electrons. The van der Waals surface area contributed by atoms with Crippen LogP contribution in [0.1, 0.15) is 20.8 Å². The number of piperazine rings is 1. The van der Waals surface area contributed by atoms with Gasteiger partial charge in [0, 0.05) is 32.2 Å². The second-order valence-electron chi connectivity index (χ2n) is 10.4. The topological polar surface area (TPSA) is 101 Å². The van der Waals surface area contributed by atoms with Crippen LogP contribution in [0.15, 0.2) is 35.1 Å². The molecular formula is C25H32FN5O6. The number of aromatic nitrogens is 1. The Hall–Kier alpha value is -3.38. The minimum absolute atomic E-state index is 0.000560. The number of carbonyl (C=O) groups excluding carboxylic acids is 2. The first kappa shape index (κ1) is 25.3. The molecule has 37 heavy (non-hydrogen) atoms. The Morgan fingerprint density at radius 1 is 1.19 bits per heavy atom. The van der Waals surface area contributed by atoms with Gasteiger partial charge in [-0.1, -0.05) is 5.16 Å². The molecule has 0 unspecified atom stereocenters. The van der Waals surface area contributed by atoms with Crippen molar-refractivity contribution in [2.24, 2.45) is 0 Å². The molecule has 2 amide bonds. The number of carbonyl (C=O) groups is 2. The van der Waals surface area contributed by atoms with Gasteiger partial charge in [0.1, 0.15) is 23.8 Å². The monoisotopic (exact) mass is 517 g/mol. The number of rotatable bonds is 6. The van der Waals surface area contributed by atoms with E-state index in [0.717, 1.165) is 39.4 Å². The van der Waals surface area contributed by atoms with Crippen LogP contribution >= 0.6 is 0 Å². The van der Waals surface area contributed by atoms with Gasteiger partial charge in [-0.2, -0.15) is 0 Å². The number of nitrogens with zero attached hydrogens (tertiary/aromatic N) is 5. The second-order valence-corrected chi connectivity index (χ2v) is 10.4. The molecule has 3 saturated heterocycles. The van der Waals surface area contributed by atoms with E-state index in [1.54, 1.807) is 32.9 Å². The maximum absolute atomic E-state index is 15.2. The second kappa shape index (κ2) is 10.2. The van der Waals surface area contributed by atoms with Crippen molar-refractivity contribution in [2.75, 3.05) is 67.2 Å². The Kier molecular flexibility index (Phi) is 6.95. The van der Waals surface area contributed by atoms with E-state index in [1.807, 2.05) is 4.90 Å². The number of anilines is 3. The lowest BCUT2D eigenvalue weighted by Crippen LogP contribution is -2.56. The normalized spacial score (nSPS) is 21.1. The summed E-state index contributed by atoms with van der Waals surface area (Å²) in [6, 6.07) is 6.77. The fraction of sp³-hybridized carbons (Fsp3) is 0.560. The fourth-order valence-corrected chi connectivity index (χ4v) is 4.64. The molecule has 0 bridgehead atoms. The minimum Gasteiger partial charge on any atom is -0.443 e. The van der Waals surface area contributed by atoms with Gasteiger partial charge < -0.3 is 23.6 Å². The van der Waals surface area contributed by atoms with Crippen LogP contribution in [-0.2, 0) is 14.2 Å². The van der Waals surface area contributed by atoms with Crippen molar-refractivity contribution in [2.45, 2.75) is 38.5 Å². The summed E-state index contributed by atoms with van der Waals surface area (Å²) >= 11 is 0. The maximum Gasteiger partial charge on any atom is 0.416 e. The van der Waals surface area contributed by atoms with Gasteiger partial charge in [0.15, 0.2) is 5.82 Å². The van der Waals surface area contributed by atoms with Crippen molar-refractivity contribution >= 4 is 29.4 Å². The molecule has 200 valence electrons. The maximum atomic E-state index is 15.2. The molecule has 0 spiro atoms. The van der Waals surface area contributed by atoms with Crippen LogP contribution in [0.5, 0.6) is 0 Å². The smallest absolute Gasteiger partial charge is 0.416 e. The molecule has 3 fully saturated rings. The van der Waals surface area contributed by atoms with Gasteiger partial charge >= 0.3 is 12.2 Å². The van der Waals surface area contributed by atoms with E-state index in [1.165, 1.54) is 28.2 Å². The van der Waals surface area contributed by atoms with Crippen molar-refractivity contribution in [3.63, 3.8) is 0 Å². The Morgan fingerprint density at radius 3 is 2.54 bits per heavy atom. The zero-order valence-electron chi connectivity index (χ0n) is 21.3. The predicted octanol–water partition coefficient (Wildman–Crippen LogP) is 3.10. The van der Waals surface area contributed by atoms with E-state index in [-0.39, 0.29) is 18.9 Å². The standard InChI is InChI=1S/C25H32FN5O6/c1-25(2,3)37-24(33)31(22-6-11-35-27-22)14-19-13-30(23(32)36-19)17-4-5-21(20(26)12-17)29-9-7-28(8-10-29)18-15-34-16-18/h4-6,11-12,18-19H,7-10,13-16H2,1-3H3/t19-/m1/s1. The highest BCUT2D eigenvalue weighted by Gasteiger charge is 2.37. The lowest BCUT2D eigenvalue weighted by atomic mass is 10.1. The number of hydrogen-bond acceptors (Lipinski definition) is 9. The van der Waals surface area contributed by atoms with Gasteiger partial charge in [0.2, 0.25) is 0 Å². The number of halogens is 1. The number of cyclic esters (lactones) is 1. The van der Waals surface area contributed by atoms with Crippen molar-refractivity contribution in [3.8, 4) is 0 Å². The third-order valence-electron chi connectivity index (χ3n) is 6.61. The fourth-order valence-electron chi connectivity index (χ4n) is 4.64. The molecule has 3 aliphatic heterocycles. The molecule has 1 aromatic carbocycles. The van der Waals surface area contributed by atoms with Gasteiger partial charge in [-0.05, 0) is 39.0 Å². The predicted molar refractivity (Wildman–Crippen MR) is 132 cm³/mol. The highest BCUT2D eigenvalue weighted by atomic mass is 19.1. The van der Waals surface area contributed by atoms with Gasteiger partial charge in [-0.3, -0.25) is 14.7 Å². The van der Waals surface area contributed by atoms with E-state index in [2.05, 4.69) is 10.1 Å². The lowest BCUT2D eigenvalue weighted by molar-refractivity contribution is -0.0660. The largest absolute Gasteiger partial charge is 0.443 e. The third kappa shape index (κ3) is 5.64. The molecule has 12 heteroatoms. The van der Waals surface area contributed by atoms with Crippen LogP contribution < -0.4 is 14.7 Å². The molecule has 4 heterocycles. The zero-order valence-corrected chi connectivity index (χ0v) is 21.3. The molecule has 0 aliphatic carbocycles. The number of ether oxygens (including phenoxy) is 3. The summed E-state index contributed by atoms with van der Waals surface area (Å²) in [6.45, 7) is 10.1. The molecule has 5 rings (SSSR count). The first-order valence-electron chi connectivity index (χ1n) is 12.4. The Morgan fingerprint density at radius 2 is 1.95 bits per heavy atom. The first-order valence-corrected chi connectivity index (χ1v) is 12.4. The quantitative estimate of drug-likeness (QED) is 0.572. The molecule has 0 N–H and O–H groups in total. The number of benzene rings is 1. The average Bonchev–Trinajstić information content (AvgIpc) is 3.45. The van der Waals surface area contributed by atoms with E-state index in [9.17, 15) is 9.59 Å². The summed E-state index contributed by atoms with van der Waals surface area (Å²) < 4.78 is 36.3. The molecular weight excluding hydrogens is 485 g/mol. The van der Waals surface area contributed by atoms with Gasteiger partial charge in [0.25, 0.3) is 0 Å². The summed E-state index contributed by atoms with van der Waals surface area (Å²) in [5.41, 5.74) is 0.179. The summed E-state index contributed by atoms with van der Waals surface area (Å²) in [5.74, 6) is -0.156. The van der Waals surface area contributed by atoms with Crippen LogP contribution in [0, 0.1) is 5.82 Å². The number of amides is 2. The lowest BCUT2D eigenvalue weighted by Gasteiger charge is -2.43. The highest BCUT2D eigenvalue weighted by Crippen LogP contribution is 2.30. The van der Waals surface area contributed by atoms with E-state index in [4.69, 9.17) is 18.7 Å². The zero-order chi connectivity index (χ0) is 26.2. The van der Waals surface area contributed by atoms with Crippen LogP contribution in [-0.4, -0.2) is 92.5 Å². The number of hydrogen-bond donors (Lipinski definition) is 0. The summed E-state index contributed by atoms with van der Waals surface area (Å²) in [7, 11) is 0.